The molecule has 0 aromatic heterocycles. The monoisotopic (exact) mass is 350 g/mol. The summed E-state index contributed by atoms with van der Waals surface area (Å²) < 4.78 is 25.4. The van der Waals surface area contributed by atoms with Gasteiger partial charge in [0.2, 0.25) is 10.0 Å². The first-order valence-corrected chi connectivity index (χ1v) is 8.25. The van der Waals surface area contributed by atoms with Gasteiger partial charge >= 0.3 is 5.97 Å². The van der Waals surface area contributed by atoms with Crippen LogP contribution >= 0.6 is 15.9 Å². The summed E-state index contributed by atoms with van der Waals surface area (Å²) in [7, 11) is -3.35. The van der Waals surface area contributed by atoms with Crippen molar-refractivity contribution in [3.63, 3.8) is 0 Å². The zero-order valence-corrected chi connectivity index (χ0v) is 12.4. The molecule has 0 amide bonds. The summed E-state index contributed by atoms with van der Waals surface area (Å²) in [6.45, 7) is 0. The summed E-state index contributed by atoms with van der Waals surface area (Å²) in [6, 6.07) is 5.49. The molecule has 0 aliphatic heterocycles. The lowest BCUT2D eigenvalue weighted by molar-refractivity contribution is -0.138. The minimum absolute atomic E-state index is 0.0152. The van der Waals surface area contributed by atoms with Crippen LogP contribution in [0.25, 0.3) is 0 Å². The molecule has 0 saturated carbocycles. The van der Waals surface area contributed by atoms with Gasteiger partial charge < -0.3 is 10.8 Å². The molecule has 6 nitrogen and oxygen atoms in total. The number of sulfonamides is 1. The highest BCUT2D eigenvalue weighted by Gasteiger charge is 2.12. The summed E-state index contributed by atoms with van der Waals surface area (Å²) in [5, 5.41) is 9.04. The van der Waals surface area contributed by atoms with Gasteiger partial charge in [0.1, 0.15) is 6.04 Å². The van der Waals surface area contributed by atoms with E-state index in [-0.39, 0.29) is 12.2 Å². The highest BCUT2D eigenvalue weighted by Crippen LogP contribution is 2.13. The van der Waals surface area contributed by atoms with E-state index in [4.69, 9.17) is 10.8 Å². The summed E-state index contributed by atoms with van der Waals surface area (Å²) in [5.41, 5.74) is 6.58. The number of hydrogen-bond acceptors (Lipinski definition) is 4. The van der Waals surface area contributed by atoms with Crippen LogP contribution in [-0.4, -0.2) is 36.6 Å². The number of carbonyl (C=O) groups is 1. The topological polar surface area (TPSA) is 109 Å². The first-order chi connectivity index (χ1) is 8.84. The van der Waals surface area contributed by atoms with Crippen molar-refractivity contribution in [2.75, 3.05) is 15.8 Å². The maximum atomic E-state index is 11.5. The minimum Gasteiger partial charge on any atom is -0.480 e. The predicted molar refractivity (Wildman–Crippen MR) is 77.0 cm³/mol. The van der Waals surface area contributed by atoms with E-state index < -0.39 is 22.0 Å². The van der Waals surface area contributed by atoms with E-state index in [1.54, 1.807) is 24.3 Å². The Labute approximate surface area is 120 Å². The van der Waals surface area contributed by atoms with Crippen LogP contribution in [0.5, 0.6) is 0 Å². The lowest BCUT2D eigenvalue weighted by Crippen LogP contribution is -2.32. The lowest BCUT2D eigenvalue weighted by Gasteiger charge is -2.09. The molecule has 1 atom stereocenters. The minimum atomic E-state index is -3.35. The van der Waals surface area contributed by atoms with E-state index >= 15 is 0 Å². The Morgan fingerprint density at radius 2 is 1.95 bits per heavy atom. The van der Waals surface area contributed by atoms with Crippen LogP contribution in [0, 0.1) is 0 Å². The van der Waals surface area contributed by atoms with E-state index in [9.17, 15) is 13.2 Å². The van der Waals surface area contributed by atoms with Gasteiger partial charge in [-0.05, 0) is 24.1 Å². The average molecular weight is 351 g/mol. The highest BCUT2D eigenvalue weighted by atomic mass is 79.9. The van der Waals surface area contributed by atoms with Crippen LogP contribution in [0.15, 0.2) is 24.3 Å². The van der Waals surface area contributed by atoms with Crippen molar-refractivity contribution in [2.45, 2.75) is 12.5 Å². The summed E-state index contributed by atoms with van der Waals surface area (Å²) in [6.07, 6.45) is 0.198. The number of carboxylic acid groups (broad SMARTS) is 1. The quantitative estimate of drug-likeness (QED) is 0.629. The maximum absolute atomic E-state index is 11.5. The van der Waals surface area contributed by atoms with Gasteiger partial charge in [0, 0.05) is 11.0 Å². The van der Waals surface area contributed by atoms with Crippen LogP contribution in [-0.2, 0) is 21.2 Å². The molecule has 0 bridgehead atoms. The van der Waals surface area contributed by atoms with Gasteiger partial charge in [0.25, 0.3) is 0 Å². The first kappa shape index (κ1) is 15.9. The normalized spacial score (nSPS) is 12.9. The van der Waals surface area contributed by atoms with E-state index in [1.165, 1.54) is 0 Å². The molecule has 106 valence electrons. The molecule has 1 rings (SSSR count). The summed E-state index contributed by atoms with van der Waals surface area (Å²) in [5.74, 6) is -1.08. The van der Waals surface area contributed by atoms with Crippen molar-refractivity contribution in [1.29, 1.82) is 0 Å². The Kier molecular flexibility index (Phi) is 5.77. The molecule has 0 spiro atoms. The Balaban J connectivity index is 2.69. The maximum Gasteiger partial charge on any atom is 0.320 e. The standard InChI is InChI=1S/C11H15BrN2O4S/c12-5-6-19(17,18)14-9-3-1-8(2-4-9)7-10(13)11(15)16/h1-4,10,14H,5-7,13H2,(H,15,16)/t10-/m0/s1. The summed E-state index contributed by atoms with van der Waals surface area (Å²) >= 11 is 3.06. The molecule has 0 aliphatic rings. The number of alkyl halides is 1. The molecule has 0 radical (unpaired) electrons. The predicted octanol–water partition coefficient (Wildman–Crippen LogP) is 0.778. The van der Waals surface area contributed by atoms with Gasteiger partial charge in [0.15, 0.2) is 0 Å². The number of benzene rings is 1. The third kappa shape index (κ3) is 5.58. The molecular weight excluding hydrogens is 336 g/mol. The number of rotatable bonds is 7. The van der Waals surface area contributed by atoms with Gasteiger partial charge in [-0.15, -0.1) is 0 Å². The van der Waals surface area contributed by atoms with E-state index in [1.807, 2.05) is 0 Å². The van der Waals surface area contributed by atoms with Gasteiger partial charge in [-0.3, -0.25) is 9.52 Å². The molecule has 1 aromatic carbocycles. The molecule has 0 aliphatic carbocycles. The molecule has 0 saturated heterocycles. The SMILES string of the molecule is N[C@@H](Cc1ccc(NS(=O)(=O)CCBr)cc1)C(=O)O. The van der Waals surface area contributed by atoms with E-state index in [0.29, 0.717) is 11.0 Å². The van der Waals surface area contributed by atoms with Crippen molar-refractivity contribution in [2.24, 2.45) is 5.73 Å². The smallest absolute Gasteiger partial charge is 0.320 e. The Morgan fingerprint density at radius 1 is 1.37 bits per heavy atom. The van der Waals surface area contributed by atoms with E-state index in [2.05, 4.69) is 20.7 Å². The molecule has 0 unspecified atom stereocenters. The largest absolute Gasteiger partial charge is 0.480 e. The molecule has 19 heavy (non-hydrogen) atoms. The van der Waals surface area contributed by atoms with Crippen LogP contribution in [0.2, 0.25) is 0 Å². The van der Waals surface area contributed by atoms with Crippen molar-refractivity contribution in [3.8, 4) is 0 Å². The van der Waals surface area contributed by atoms with Crippen molar-refractivity contribution >= 4 is 37.6 Å². The van der Waals surface area contributed by atoms with Gasteiger partial charge in [-0.1, -0.05) is 28.1 Å². The zero-order valence-electron chi connectivity index (χ0n) is 10.0. The number of halogens is 1. The molecule has 4 N–H and O–H groups in total. The van der Waals surface area contributed by atoms with Crippen molar-refractivity contribution in [1.82, 2.24) is 0 Å². The second-order valence-electron chi connectivity index (χ2n) is 3.96. The fourth-order valence-electron chi connectivity index (χ4n) is 1.38. The van der Waals surface area contributed by atoms with Crippen LogP contribution in [0.3, 0.4) is 0 Å². The zero-order chi connectivity index (χ0) is 14.5. The third-order valence-electron chi connectivity index (χ3n) is 2.35. The van der Waals surface area contributed by atoms with Gasteiger partial charge in [0.05, 0.1) is 5.75 Å². The first-order valence-electron chi connectivity index (χ1n) is 5.48. The number of nitrogens with two attached hydrogens (primary N) is 1. The second-order valence-corrected chi connectivity index (χ2v) is 6.59. The van der Waals surface area contributed by atoms with Gasteiger partial charge in [-0.2, -0.15) is 0 Å². The number of anilines is 1. The molecule has 8 heteroatoms. The van der Waals surface area contributed by atoms with Crippen molar-refractivity contribution < 1.29 is 18.3 Å². The molecule has 0 heterocycles. The number of nitrogens with one attached hydrogen (secondary N) is 1. The molecular formula is C11H15BrN2O4S. The third-order valence-corrected chi connectivity index (χ3v) is 4.56. The Morgan fingerprint density at radius 3 is 2.42 bits per heavy atom. The van der Waals surface area contributed by atoms with Crippen LogP contribution < -0.4 is 10.5 Å². The molecule has 1 aromatic rings. The lowest BCUT2D eigenvalue weighted by atomic mass is 10.1. The van der Waals surface area contributed by atoms with Crippen LogP contribution in [0.1, 0.15) is 5.56 Å². The van der Waals surface area contributed by atoms with E-state index in [0.717, 1.165) is 5.56 Å². The fourth-order valence-corrected chi connectivity index (χ4v) is 3.46. The van der Waals surface area contributed by atoms with Crippen molar-refractivity contribution in [3.05, 3.63) is 29.8 Å². The number of carboxylic acids is 1. The van der Waals surface area contributed by atoms with Gasteiger partial charge in [-0.25, -0.2) is 8.42 Å². The fraction of sp³-hybridized carbons (Fsp3) is 0.364. The van der Waals surface area contributed by atoms with Crippen LogP contribution in [0.4, 0.5) is 5.69 Å². The number of hydrogen-bond donors (Lipinski definition) is 3. The second kappa shape index (κ2) is 6.88. The average Bonchev–Trinajstić information content (AvgIpc) is 2.31. The summed E-state index contributed by atoms with van der Waals surface area (Å²) in [4.78, 5) is 10.6. The highest BCUT2D eigenvalue weighted by molar-refractivity contribution is 9.09. The Hall–Kier alpha value is -1.12. The Bertz CT molecular complexity index is 530. The molecule has 0 fully saturated rings. The number of aliphatic carboxylic acids is 1.